The predicted octanol–water partition coefficient (Wildman–Crippen LogP) is -1.96. The summed E-state index contributed by atoms with van der Waals surface area (Å²) >= 11 is 0. The van der Waals surface area contributed by atoms with E-state index in [0.29, 0.717) is 11.2 Å². The topological polar surface area (TPSA) is 156 Å². The number of nitrogens with zero attached hydrogens (tertiary/aromatic N) is 3. The zero-order chi connectivity index (χ0) is 16.1. The first-order valence-corrected chi connectivity index (χ1v) is 7.66. The van der Waals surface area contributed by atoms with Crippen molar-refractivity contribution >= 4 is 33.2 Å². The molecule has 0 bridgehead atoms. The smallest absolute Gasteiger partial charge is 0.240 e. The third-order valence-electron chi connectivity index (χ3n) is 3.24. The van der Waals surface area contributed by atoms with Crippen molar-refractivity contribution in [2.24, 2.45) is 5.14 Å². The molecule has 0 spiro atoms. The van der Waals surface area contributed by atoms with Crippen molar-refractivity contribution in [3.05, 3.63) is 41.6 Å². The number of aliphatic carboxylic acids is 1. The lowest BCUT2D eigenvalue weighted by molar-refractivity contribution is -0.299. The summed E-state index contributed by atoms with van der Waals surface area (Å²) in [5.74, 6) is -1.53. The molecule has 10 heteroatoms. The quantitative estimate of drug-likeness (QED) is 0.664. The highest BCUT2D eigenvalue weighted by atomic mass is 32.2. The van der Waals surface area contributed by atoms with Gasteiger partial charge in [-0.2, -0.15) is 4.98 Å². The molecule has 3 rings (SSSR count). The fourth-order valence-electron chi connectivity index (χ4n) is 2.33. The fourth-order valence-corrected chi connectivity index (χ4v) is 3.18. The van der Waals surface area contributed by atoms with Gasteiger partial charge in [0.1, 0.15) is 5.25 Å². The average molecular weight is 320 g/mol. The number of aromatic nitrogens is 3. The average Bonchev–Trinajstić information content (AvgIpc) is 2.98. The second kappa shape index (κ2) is 4.64. The molecule has 9 nitrogen and oxygen atoms in total. The molecular formula is C12H10N5O4S-. The molecule has 0 radical (unpaired) electrons. The molecular weight excluding hydrogens is 310 g/mol. The molecule has 0 fully saturated rings. The Balaban J connectivity index is 2.20. The standard InChI is InChI=1S/C12H11N5O4S/c13-12-15-9-4-1-6(5-17(9)16-12)7-2-3-8(22(14,20)21)10(7)11(18)19/h1-5,8H,(H2,13,16)(H,18,19)(H2,14,20,21)/p-1. The van der Waals surface area contributed by atoms with Crippen LogP contribution < -0.4 is 16.0 Å². The number of carbonyl (C=O) groups excluding carboxylic acids is 1. The van der Waals surface area contributed by atoms with Gasteiger partial charge in [0.25, 0.3) is 0 Å². The Labute approximate surface area is 124 Å². The number of pyridine rings is 1. The van der Waals surface area contributed by atoms with Crippen LogP contribution in [0.15, 0.2) is 36.1 Å². The van der Waals surface area contributed by atoms with E-state index in [9.17, 15) is 18.3 Å². The SMILES string of the molecule is Nc1nc2ccc(C3=C(C(=O)[O-])C(S(N)(=O)=O)C=C3)cn2n1. The maximum Gasteiger partial charge on any atom is 0.240 e. The minimum atomic E-state index is -4.10. The monoisotopic (exact) mass is 320 g/mol. The van der Waals surface area contributed by atoms with E-state index in [1.807, 2.05) is 0 Å². The highest BCUT2D eigenvalue weighted by molar-refractivity contribution is 7.90. The molecule has 1 unspecified atom stereocenters. The van der Waals surface area contributed by atoms with Gasteiger partial charge in [0.05, 0.1) is 5.97 Å². The Bertz CT molecular complexity index is 957. The zero-order valence-corrected chi connectivity index (χ0v) is 11.8. The van der Waals surface area contributed by atoms with Gasteiger partial charge in [-0.15, -0.1) is 5.10 Å². The maximum atomic E-state index is 11.5. The van der Waals surface area contributed by atoms with Gasteiger partial charge in [-0.25, -0.2) is 18.1 Å². The maximum absolute atomic E-state index is 11.5. The molecule has 2 heterocycles. The molecule has 0 saturated heterocycles. The number of hydrogen-bond acceptors (Lipinski definition) is 7. The van der Waals surface area contributed by atoms with Crippen LogP contribution in [0.4, 0.5) is 5.95 Å². The lowest BCUT2D eigenvalue weighted by atomic mass is 10.0. The Kier molecular flexibility index (Phi) is 3.00. The van der Waals surface area contributed by atoms with Gasteiger partial charge in [-0.05, 0) is 17.7 Å². The van der Waals surface area contributed by atoms with E-state index in [1.54, 1.807) is 12.1 Å². The third kappa shape index (κ3) is 2.23. The number of primary sulfonamides is 1. The summed E-state index contributed by atoms with van der Waals surface area (Å²) in [7, 11) is -4.10. The van der Waals surface area contributed by atoms with Gasteiger partial charge < -0.3 is 15.6 Å². The molecule has 0 saturated carbocycles. The second-order valence-corrected chi connectivity index (χ2v) is 6.36. The third-order valence-corrected chi connectivity index (χ3v) is 4.35. The number of fused-ring (bicyclic) bond motifs is 1. The van der Waals surface area contributed by atoms with Gasteiger partial charge in [-0.3, -0.25) is 0 Å². The highest BCUT2D eigenvalue weighted by Crippen LogP contribution is 2.31. The normalized spacial score (nSPS) is 18.3. The number of carbonyl (C=O) groups is 1. The summed E-state index contributed by atoms with van der Waals surface area (Å²) in [5, 5.41) is 18.9. The number of rotatable bonds is 3. The van der Waals surface area contributed by atoms with Crippen LogP contribution in [0.1, 0.15) is 5.56 Å². The van der Waals surface area contributed by atoms with E-state index in [-0.39, 0.29) is 11.5 Å². The minimum Gasteiger partial charge on any atom is -0.545 e. The molecule has 2 aromatic heterocycles. The number of anilines is 1. The van der Waals surface area contributed by atoms with Crippen LogP contribution >= 0.6 is 0 Å². The van der Waals surface area contributed by atoms with Crippen LogP contribution in [0.25, 0.3) is 11.2 Å². The molecule has 1 aliphatic carbocycles. The number of hydrogen-bond donors (Lipinski definition) is 2. The van der Waals surface area contributed by atoms with Crippen molar-refractivity contribution in [1.82, 2.24) is 14.6 Å². The molecule has 22 heavy (non-hydrogen) atoms. The summed E-state index contributed by atoms with van der Waals surface area (Å²) in [5.41, 5.74) is 6.17. The van der Waals surface area contributed by atoms with Crippen molar-refractivity contribution in [3.63, 3.8) is 0 Å². The van der Waals surface area contributed by atoms with Crippen LogP contribution in [0.2, 0.25) is 0 Å². The summed E-state index contributed by atoms with van der Waals surface area (Å²) in [6.07, 6.45) is 4.07. The van der Waals surface area contributed by atoms with E-state index in [1.165, 1.54) is 22.9 Å². The van der Waals surface area contributed by atoms with Crippen LogP contribution in [-0.4, -0.2) is 34.2 Å². The van der Waals surface area contributed by atoms with Crippen LogP contribution in [0.5, 0.6) is 0 Å². The van der Waals surface area contributed by atoms with E-state index in [2.05, 4.69) is 10.1 Å². The molecule has 1 aliphatic rings. The summed E-state index contributed by atoms with van der Waals surface area (Å²) < 4.78 is 24.4. The minimum absolute atomic E-state index is 0.0654. The lowest BCUT2D eigenvalue weighted by Gasteiger charge is -2.15. The molecule has 4 N–H and O–H groups in total. The van der Waals surface area contributed by atoms with Crippen molar-refractivity contribution in [1.29, 1.82) is 0 Å². The Hall–Kier alpha value is -2.72. The van der Waals surface area contributed by atoms with Crippen molar-refractivity contribution in [2.75, 3.05) is 5.73 Å². The molecule has 2 aromatic rings. The van der Waals surface area contributed by atoms with Gasteiger partial charge in [-0.1, -0.05) is 12.2 Å². The molecule has 0 aliphatic heterocycles. The largest absolute Gasteiger partial charge is 0.545 e. The summed E-state index contributed by atoms with van der Waals surface area (Å²) in [6.45, 7) is 0. The van der Waals surface area contributed by atoms with Crippen molar-refractivity contribution in [2.45, 2.75) is 5.25 Å². The Morgan fingerprint density at radius 3 is 2.73 bits per heavy atom. The number of allylic oxidation sites excluding steroid dienone is 2. The molecule has 0 aromatic carbocycles. The first-order chi connectivity index (χ1) is 10.3. The first-order valence-electron chi connectivity index (χ1n) is 6.05. The number of carboxylic acids is 1. The second-order valence-electron chi connectivity index (χ2n) is 4.67. The number of nitrogen functional groups attached to an aromatic ring is 1. The van der Waals surface area contributed by atoms with E-state index in [4.69, 9.17) is 10.9 Å². The van der Waals surface area contributed by atoms with Gasteiger partial charge >= 0.3 is 0 Å². The predicted molar refractivity (Wildman–Crippen MR) is 75.4 cm³/mol. The van der Waals surface area contributed by atoms with Crippen LogP contribution in [0, 0.1) is 0 Å². The van der Waals surface area contributed by atoms with Crippen LogP contribution in [0.3, 0.4) is 0 Å². The summed E-state index contributed by atoms with van der Waals surface area (Å²) in [4.78, 5) is 15.3. The van der Waals surface area contributed by atoms with Gasteiger partial charge in [0.15, 0.2) is 5.65 Å². The molecule has 0 amide bonds. The highest BCUT2D eigenvalue weighted by Gasteiger charge is 2.31. The van der Waals surface area contributed by atoms with Gasteiger partial charge in [0, 0.05) is 17.3 Å². The van der Waals surface area contributed by atoms with Crippen molar-refractivity contribution < 1.29 is 18.3 Å². The van der Waals surface area contributed by atoms with E-state index >= 15 is 0 Å². The number of sulfonamides is 1. The zero-order valence-electron chi connectivity index (χ0n) is 11.0. The molecule has 1 atom stereocenters. The molecule has 114 valence electrons. The van der Waals surface area contributed by atoms with Crippen LogP contribution in [-0.2, 0) is 14.8 Å². The Morgan fingerprint density at radius 1 is 1.36 bits per heavy atom. The lowest BCUT2D eigenvalue weighted by Crippen LogP contribution is -2.36. The van der Waals surface area contributed by atoms with E-state index < -0.39 is 26.8 Å². The summed E-state index contributed by atoms with van der Waals surface area (Å²) in [6, 6.07) is 3.16. The number of nitrogens with two attached hydrogens (primary N) is 2. The number of carboxylic acid groups (broad SMARTS) is 1. The Morgan fingerprint density at radius 2 is 2.09 bits per heavy atom. The van der Waals surface area contributed by atoms with E-state index in [0.717, 1.165) is 0 Å². The van der Waals surface area contributed by atoms with Crippen molar-refractivity contribution in [3.8, 4) is 0 Å². The fraction of sp³-hybridized carbons (Fsp3) is 0.0833. The van der Waals surface area contributed by atoms with Gasteiger partial charge in [0.2, 0.25) is 16.0 Å². The first kappa shape index (κ1) is 14.2.